The molecule has 3 heteroatoms. The van der Waals surface area contributed by atoms with E-state index < -0.39 is 0 Å². The van der Waals surface area contributed by atoms with Crippen molar-refractivity contribution in [3.05, 3.63) is 23.8 Å². The molecule has 0 amide bonds. The maximum absolute atomic E-state index is 9.88. The second-order valence-corrected chi connectivity index (χ2v) is 4.87. The number of benzene rings is 1. The van der Waals surface area contributed by atoms with E-state index in [1.54, 1.807) is 0 Å². The number of anilines is 1. The summed E-state index contributed by atoms with van der Waals surface area (Å²) in [5, 5.41) is 9.88. The zero-order valence-corrected chi connectivity index (χ0v) is 9.98. The fourth-order valence-corrected chi connectivity index (χ4v) is 2.28. The van der Waals surface area contributed by atoms with Gasteiger partial charge in [0.2, 0.25) is 0 Å². The predicted octanol–water partition coefficient (Wildman–Crippen LogP) is 2.26. The van der Waals surface area contributed by atoms with Crippen LogP contribution in [0.15, 0.2) is 18.2 Å². The van der Waals surface area contributed by atoms with Gasteiger partial charge in [0.15, 0.2) is 0 Å². The van der Waals surface area contributed by atoms with E-state index in [9.17, 15) is 5.11 Å². The van der Waals surface area contributed by atoms with Gasteiger partial charge in [-0.1, -0.05) is 13.0 Å². The molecule has 0 saturated carbocycles. The molecule has 0 spiro atoms. The zero-order chi connectivity index (χ0) is 11.7. The first-order valence-corrected chi connectivity index (χ1v) is 5.91. The maximum Gasteiger partial charge on any atom is 0.122 e. The Balaban J connectivity index is 2.21. The van der Waals surface area contributed by atoms with E-state index in [4.69, 9.17) is 5.73 Å². The van der Waals surface area contributed by atoms with E-state index in [1.165, 1.54) is 6.42 Å². The van der Waals surface area contributed by atoms with Crippen molar-refractivity contribution in [1.29, 1.82) is 0 Å². The van der Waals surface area contributed by atoms with Crippen molar-refractivity contribution in [2.45, 2.75) is 26.3 Å². The van der Waals surface area contributed by atoms with Crippen LogP contribution in [0.1, 0.15) is 31.9 Å². The first kappa shape index (κ1) is 11.3. The van der Waals surface area contributed by atoms with E-state index in [1.807, 2.05) is 19.1 Å². The lowest BCUT2D eigenvalue weighted by atomic mass is 10.1. The molecule has 3 N–H and O–H groups in total. The van der Waals surface area contributed by atoms with Crippen LogP contribution in [0.25, 0.3) is 0 Å². The number of nitrogens with zero attached hydrogens (tertiary/aromatic N) is 1. The molecule has 1 aliphatic rings. The minimum absolute atomic E-state index is 0.119. The van der Waals surface area contributed by atoms with Gasteiger partial charge >= 0.3 is 0 Å². The van der Waals surface area contributed by atoms with Gasteiger partial charge in [0, 0.05) is 36.4 Å². The lowest BCUT2D eigenvalue weighted by Gasteiger charge is -2.19. The fraction of sp³-hybridized carbons (Fsp3) is 0.538. The third kappa shape index (κ3) is 2.14. The summed E-state index contributed by atoms with van der Waals surface area (Å²) in [5.41, 5.74) is 7.69. The van der Waals surface area contributed by atoms with Crippen LogP contribution in [0.3, 0.4) is 0 Å². The van der Waals surface area contributed by atoms with Crippen LogP contribution < -0.4 is 10.6 Å². The minimum Gasteiger partial charge on any atom is -0.508 e. The molecule has 0 bridgehead atoms. The molecule has 2 rings (SSSR count). The van der Waals surface area contributed by atoms with Gasteiger partial charge in [-0.05, 0) is 25.3 Å². The molecular weight excluding hydrogens is 200 g/mol. The fourth-order valence-electron chi connectivity index (χ4n) is 2.28. The second-order valence-electron chi connectivity index (χ2n) is 4.87. The summed E-state index contributed by atoms with van der Waals surface area (Å²) in [6, 6.07) is 5.69. The van der Waals surface area contributed by atoms with Crippen molar-refractivity contribution < 1.29 is 5.11 Å². The number of phenolic OH excluding ortho intramolecular Hbond substituents is 1. The largest absolute Gasteiger partial charge is 0.508 e. The minimum atomic E-state index is -0.119. The highest BCUT2D eigenvalue weighted by atomic mass is 16.3. The van der Waals surface area contributed by atoms with Crippen LogP contribution in [0.5, 0.6) is 5.75 Å². The Bertz CT molecular complexity index is 376. The Hall–Kier alpha value is -1.22. The molecule has 16 heavy (non-hydrogen) atoms. The van der Waals surface area contributed by atoms with Crippen molar-refractivity contribution in [2.24, 2.45) is 11.7 Å². The molecule has 0 aliphatic carbocycles. The molecule has 3 nitrogen and oxygen atoms in total. The molecule has 1 aromatic rings. The number of rotatable bonds is 2. The SMILES string of the molecule is CC1CCN(c2ccc(C(C)N)c(O)c2)C1. The monoisotopic (exact) mass is 220 g/mol. The summed E-state index contributed by atoms with van der Waals surface area (Å²) < 4.78 is 0. The molecule has 0 aromatic heterocycles. The summed E-state index contributed by atoms with van der Waals surface area (Å²) in [6.07, 6.45) is 1.23. The number of phenols is 1. The molecule has 1 saturated heterocycles. The molecule has 1 aliphatic heterocycles. The zero-order valence-electron chi connectivity index (χ0n) is 9.98. The highest BCUT2D eigenvalue weighted by molar-refractivity contribution is 5.54. The summed E-state index contributed by atoms with van der Waals surface area (Å²) in [6.45, 7) is 6.30. The van der Waals surface area contributed by atoms with E-state index in [0.717, 1.165) is 30.3 Å². The van der Waals surface area contributed by atoms with Crippen molar-refractivity contribution in [3.63, 3.8) is 0 Å². The molecule has 1 heterocycles. The van der Waals surface area contributed by atoms with Crippen molar-refractivity contribution in [3.8, 4) is 5.75 Å². The molecule has 0 radical (unpaired) electrons. The molecule has 2 atom stereocenters. The number of hydrogen-bond donors (Lipinski definition) is 2. The lowest BCUT2D eigenvalue weighted by molar-refractivity contribution is 0.464. The Morgan fingerprint density at radius 3 is 2.75 bits per heavy atom. The summed E-state index contributed by atoms with van der Waals surface area (Å²) in [4.78, 5) is 2.31. The highest BCUT2D eigenvalue weighted by Crippen LogP contribution is 2.30. The van der Waals surface area contributed by atoms with Gasteiger partial charge in [-0.25, -0.2) is 0 Å². The van der Waals surface area contributed by atoms with Gasteiger partial charge in [-0.2, -0.15) is 0 Å². The summed E-state index contributed by atoms with van der Waals surface area (Å²) in [5.74, 6) is 1.06. The molecule has 1 aromatic carbocycles. The molecule has 1 fully saturated rings. The van der Waals surface area contributed by atoms with Crippen molar-refractivity contribution in [2.75, 3.05) is 18.0 Å². The molecule has 2 unspecified atom stereocenters. The molecular formula is C13H20N2O. The molecule has 88 valence electrons. The summed E-state index contributed by atoms with van der Waals surface area (Å²) >= 11 is 0. The first-order valence-electron chi connectivity index (χ1n) is 5.91. The van der Waals surface area contributed by atoms with Crippen LogP contribution in [0, 0.1) is 5.92 Å². The quantitative estimate of drug-likeness (QED) is 0.803. The van der Waals surface area contributed by atoms with Gasteiger partial charge in [0.25, 0.3) is 0 Å². The van der Waals surface area contributed by atoms with Crippen molar-refractivity contribution in [1.82, 2.24) is 0 Å². The van der Waals surface area contributed by atoms with Gasteiger partial charge in [-0.15, -0.1) is 0 Å². The smallest absolute Gasteiger partial charge is 0.122 e. The highest BCUT2D eigenvalue weighted by Gasteiger charge is 2.19. The number of aromatic hydroxyl groups is 1. The average molecular weight is 220 g/mol. The predicted molar refractivity (Wildman–Crippen MR) is 66.7 cm³/mol. The Kier molecular flexibility index (Phi) is 3.06. The van der Waals surface area contributed by atoms with E-state index in [-0.39, 0.29) is 6.04 Å². The van der Waals surface area contributed by atoms with E-state index >= 15 is 0 Å². The Morgan fingerprint density at radius 2 is 2.25 bits per heavy atom. The van der Waals surface area contributed by atoms with Gasteiger partial charge in [0.1, 0.15) is 5.75 Å². The third-order valence-electron chi connectivity index (χ3n) is 3.29. The van der Waals surface area contributed by atoms with Crippen LogP contribution in [-0.4, -0.2) is 18.2 Å². The van der Waals surface area contributed by atoms with Gasteiger partial charge in [-0.3, -0.25) is 0 Å². The van der Waals surface area contributed by atoms with Gasteiger partial charge in [0.05, 0.1) is 0 Å². The second kappa shape index (κ2) is 4.34. The Labute approximate surface area is 96.9 Å². The first-order chi connectivity index (χ1) is 7.58. The third-order valence-corrected chi connectivity index (χ3v) is 3.29. The normalized spacial score (nSPS) is 22.4. The summed E-state index contributed by atoms with van der Waals surface area (Å²) in [7, 11) is 0. The standard InChI is InChI=1S/C13H20N2O/c1-9-5-6-15(8-9)11-3-4-12(10(2)14)13(16)7-11/h3-4,7,9-10,16H,5-6,8,14H2,1-2H3. The van der Waals surface area contributed by atoms with Crippen LogP contribution >= 0.6 is 0 Å². The van der Waals surface area contributed by atoms with Crippen molar-refractivity contribution >= 4 is 5.69 Å². The van der Waals surface area contributed by atoms with Crippen LogP contribution in [0.4, 0.5) is 5.69 Å². The number of nitrogens with two attached hydrogens (primary N) is 1. The van der Waals surface area contributed by atoms with E-state index in [2.05, 4.69) is 17.9 Å². The lowest BCUT2D eigenvalue weighted by Crippen LogP contribution is -2.19. The topological polar surface area (TPSA) is 49.5 Å². The van der Waals surface area contributed by atoms with E-state index in [0.29, 0.717) is 5.75 Å². The number of hydrogen-bond acceptors (Lipinski definition) is 3. The Morgan fingerprint density at radius 1 is 1.50 bits per heavy atom. The maximum atomic E-state index is 9.88. The van der Waals surface area contributed by atoms with Gasteiger partial charge < -0.3 is 15.7 Å². The average Bonchev–Trinajstić information content (AvgIpc) is 2.64. The van der Waals surface area contributed by atoms with Crippen LogP contribution in [0.2, 0.25) is 0 Å². The van der Waals surface area contributed by atoms with Crippen LogP contribution in [-0.2, 0) is 0 Å².